The van der Waals surface area contributed by atoms with E-state index in [1.807, 2.05) is 25.2 Å². The molecule has 1 saturated heterocycles. The van der Waals surface area contributed by atoms with E-state index in [4.69, 9.17) is 9.84 Å². The van der Waals surface area contributed by atoms with Crippen LogP contribution in [0.15, 0.2) is 35.2 Å². The van der Waals surface area contributed by atoms with E-state index in [0.29, 0.717) is 13.2 Å². The van der Waals surface area contributed by atoms with Gasteiger partial charge in [-0.25, -0.2) is 0 Å². The fourth-order valence-electron chi connectivity index (χ4n) is 2.20. The summed E-state index contributed by atoms with van der Waals surface area (Å²) < 4.78 is 5.29. The van der Waals surface area contributed by atoms with E-state index >= 15 is 0 Å². The average Bonchev–Trinajstić information content (AvgIpc) is 2.89. The van der Waals surface area contributed by atoms with Crippen molar-refractivity contribution in [3.05, 3.63) is 30.3 Å². The van der Waals surface area contributed by atoms with E-state index in [-0.39, 0.29) is 6.04 Å². The van der Waals surface area contributed by atoms with E-state index in [0.717, 1.165) is 12.3 Å². The second-order valence-corrected chi connectivity index (χ2v) is 5.86. The number of nitrogens with zero attached hydrogens (tertiary/aromatic N) is 1. The number of carboxylic acid groups (broad SMARTS) is 1. The van der Waals surface area contributed by atoms with Gasteiger partial charge in [0.25, 0.3) is 0 Å². The normalized spacial score (nSPS) is 22.8. The molecule has 1 aromatic carbocycles. The zero-order valence-corrected chi connectivity index (χ0v) is 11.8. The lowest BCUT2D eigenvalue weighted by molar-refractivity contribution is -0.143. The maximum atomic E-state index is 11.1. The van der Waals surface area contributed by atoms with Crippen molar-refractivity contribution >= 4 is 17.7 Å². The van der Waals surface area contributed by atoms with Gasteiger partial charge in [0, 0.05) is 23.2 Å². The number of ether oxygens (including phenoxy) is 1. The number of thioether (sulfide) groups is 1. The first-order valence-corrected chi connectivity index (χ1v) is 7.35. The summed E-state index contributed by atoms with van der Waals surface area (Å²) in [6.07, 6.45) is 0. The van der Waals surface area contributed by atoms with Gasteiger partial charge in [-0.2, -0.15) is 0 Å². The Bertz CT molecular complexity index is 412. The Morgan fingerprint density at radius 3 is 2.84 bits per heavy atom. The van der Waals surface area contributed by atoms with Crippen molar-refractivity contribution in [3.63, 3.8) is 0 Å². The van der Waals surface area contributed by atoms with Crippen molar-refractivity contribution in [2.45, 2.75) is 10.9 Å². The van der Waals surface area contributed by atoms with Gasteiger partial charge in [-0.1, -0.05) is 18.2 Å². The summed E-state index contributed by atoms with van der Waals surface area (Å²) in [6, 6.07) is 10.2. The summed E-state index contributed by atoms with van der Waals surface area (Å²) in [5.74, 6) is -0.208. The van der Waals surface area contributed by atoms with Crippen LogP contribution in [0.2, 0.25) is 0 Å². The second kappa shape index (κ2) is 6.93. The topological polar surface area (TPSA) is 49.8 Å². The smallest absolute Gasteiger partial charge is 0.310 e. The molecule has 104 valence electrons. The number of carboxylic acids is 1. The molecule has 0 amide bonds. The van der Waals surface area contributed by atoms with Gasteiger partial charge in [0.1, 0.15) is 0 Å². The summed E-state index contributed by atoms with van der Waals surface area (Å²) in [7, 11) is 1.97. The number of aliphatic carboxylic acids is 1. The summed E-state index contributed by atoms with van der Waals surface area (Å²) >= 11 is 1.79. The first-order chi connectivity index (χ1) is 9.18. The Kier molecular flexibility index (Phi) is 5.24. The van der Waals surface area contributed by atoms with Crippen molar-refractivity contribution in [3.8, 4) is 0 Å². The Hall–Kier alpha value is -1.04. The monoisotopic (exact) mass is 281 g/mol. The maximum Gasteiger partial charge on any atom is 0.310 e. The third-order valence-corrected chi connectivity index (χ3v) is 4.38. The van der Waals surface area contributed by atoms with Crippen LogP contribution in [-0.2, 0) is 9.53 Å². The zero-order valence-electron chi connectivity index (χ0n) is 11.0. The van der Waals surface area contributed by atoms with Crippen LogP contribution < -0.4 is 0 Å². The van der Waals surface area contributed by atoms with Crippen LogP contribution in [0.5, 0.6) is 0 Å². The molecule has 4 nitrogen and oxygen atoms in total. The quantitative estimate of drug-likeness (QED) is 0.806. The maximum absolute atomic E-state index is 11.1. The van der Waals surface area contributed by atoms with Crippen molar-refractivity contribution in [1.82, 2.24) is 4.90 Å². The summed E-state index contributed by atoms with van der Waals surface area (Å²) in [5.41, 5.74) is 0. The first-order valence-electron chi connectivity index (χ1n) is 6.37. The van der Waals surface area contributed by atoms with Gasteiger partial charge in [0.2, 0.25) is 0 Å². The van der Waals surface area contributed by atoms with Gasteiger partial charge in [0.15, 0.2) is 0 Å². The van der Waals surface area contributed by atoms with Gasteiger partial charge in [-0.15, -0.1) is 11.8 Å². The van der Waals surface area contributed by atoms with Gasteiger partial charge >= 0.3 is 5.97 Å². The van der Waals surface area contributed by atoms with E-state index in [1.165, 1.54) is 4.90 Å². The van der Waals surface area contributed by atoms with Crippen LogP contribution in [0, 0.1) is 5.92 Å². The number of carbonyl (C=O) groups is 1. The van der Waals surface area contributed by atoms with E-state index in [1.54, 1.807) is 11.8 Å². The van der Waals surface area contributed by atoms with Crippen molar-refractivity contribution < 1.29 is 14.6 Å². The molecule has 1 fully saturated rings. The highest BCUT2D eigenvalue weighted by atomic mass is 32.2. The Labute approximate surface area is 117 Å². The summed E-state index contributed by atoms with van der Waals surface area (Å²) in [4.78, 5) is 14.4. The molecular weight excluding hydrogens is 262 g/mol. The third-order valence-electron chi connectivity index (χ3n) is 3.39. The molecule has 0 aliphatic carbocycles. The second-order valence-electron chi connectivity index (χ2n) is 4.69. The highest BCUT2D eigenvalue weighted by molar-refractivity contribution is 7.99. The van der Waals surface area contributed by atoms with Crippen LogP contribution in [0.25, 0.3) is 0 Å². The lowest BCUT2D eigenvalue weighted by atomic mass is 10.0. The molecule has 0 spiro atoms. The fourth-order valence-corrected chi connectivity index (χ4v) is 3.17. The molecule has 2 unspecified atom stereocenters. The van der Waals surface area contributed by atoms with Crippen LogP contribution in [0.4, 0.5) is 0 Å². The van der Waals surface area contributed by atoms with E-state index in [9.17, 15) is 4.79 Å². The molecular formula is C14H19NO3S. The largest absolute Gasteiger partial charge is 0.481 e. The lowest BCUT2D eigenvalue weighted by Gasteiger charge is -2.25. The number of likely N-dealkylation sites (N-methyl/N-ethyl adjacent to an activating group) is 1. The van der Waals surface area contributed by atoms with Gasteiger partial charge < -0.3 is 9.84 Å². The highest BCUT2D eigenvalue weighted by Gasteiger charge is 2.36. The van der Waals surface area contributed by atoms with Gasteiger partial charge in [0.05, 0.1) is 19.1 Å². The number of hydrogen-bond donors (Lipinski definition) is 1. The van der Waals surface area contributed by atoms with Crippen LogP contribution in [0.1, 0.15) is 0 Å². The Morgan fingerprint density at radius 2 is 2.16 bits per heavy atom. The van der Waals surface area contributed by atoms with E-state index in [2.05, 4.69) is 17.0 Å². The van der Waals surface area contributed by atoms with Crippen LogP contribution >= 0.6 is 11.8 Å². The minimum absolute atomic E-state index is 0.00567. The van der Waals surface area contributed by atoms with E-state index < -0.39 is 11.9 Å². The third kappa shape index (κ3) is 3.96. The molecule has 0 radical (unpaired) electrons. The van der Waals surface area contributed by atoms with Crippen molar-refractivity contribution in [2.24, 2.45) is 5.92 Å². The zero-order chi connectivity index (χ0) is 13.7. The van der Waals surface area contributed by atoms with Crippen LogP contribution in [0.3, 0.4) is 0 Å². The SMILES string of the molecule is CN(CCSc1ccccc1)C1COCC1C(=O)O. The number of hydrogen-bond acceptors (Lipinski definition) is 4. The van der Waals surface area contributed by atoms with Crippen molar-refractivity contribution in [1.29, 1.82) is 0 Å². The predicted octanol–water partition coefficient (Wildman–Crippen LogP) is 1.81. The number of benzene rings is 1. The molecule has 1 heterocycles. The standard InChI is InChI=1S/C14H19NO3S/c1-15(13-10-18-9-12(13)14(16)17)7-8-19-11-5-3-2-4-6-11/h2-6,12-13H,7-10H2,1H3,(H,16,17). The van der Waals surface area contributed by atoms with Gasteiger partial charge in [-0.3, -0.25) is 9.69 Å². The molecule has 2 rings (SSSR count). The molecule has 2 atom stereocenters. The number of rotatable bonds is 6. The predicted molar refractivity (Wildman–Crippen MR) is 75.5 cm³/mol. The minimum atomic E-state index is -0.759. The molecule has 1 aliphatic heterocycles. The van der Waals surface area contributed by atoms with Crippen molar-refractivity contribution in [2.75, 3.05) is 32.6 Å². The Balaban J connectivity index is 1.78. The Morgan fingerprint density at radius 1 is 1.42 bits per heavy atom. The first kappa shape index (κ1) is 14.4. The summed E-state index contributed by atoms with van der Waals surface area (Å²) in [5, 5.41) is 9.12. The molecule has 5 heteroatoms. The fraction of sp³-hybridized carbons (Fsp3) is 0.500. The highest BCUT2D eigenvalue weighted by Crippen LogP contribution is 2.21. The minimum Gasteiger partial charge on any atom is -0.481 e. The molecule has 0 saturated carbocycles. The molecule has 1 aliphatic rings. The molecule has 1 aromatic rings. The van der Waals surface area contributed by atoms with Crippen LogP contribution in [-0.4, -0.2) is 54.6 Å². The molecule has 0 aromatic heterocycles. The molecule has 1 N–H and O–H groups in total. The lowest BCUT2D eigenvalue weighted by Crippen LogP contribution is -2.41. The average molecular weight is 281 g/mol. The van der Waals surface area contributed by atoms with Gasteiger partial charge in [-0.05, 0) is 19.2 Å². The molecule has 19 heavy (non-hydrogen) atoms. The summed E-state index contributed by atoms with van der Waals surface area (Å²) in [6.45, 7) is 1.71. The molecule has 0 bridgehead atoms.